The number of hydrogen-bond donors (Lipinski definition) is 3. The van der Waals surface area contributed by atoms with Crippen LogP contribution in [-0.2, 0) is 4.79 Å². The second kappa shape index (κ2) is 8.48. The van der Waals surface area contributed by atoms with Crippen molar-refractivity contribution >= 4 is 5.91 Å². The van der Waals surface area contributed by atoms with Crippen LogP contribution in [0.25, 0.3) is 0 Å². The van der Waals surface area contributed by atoms with E-state index >= 15 is 0 Å². The fourth-order valence-corrected chi connectivity index (χ4v) is 2.20. The molecule has 1 aliphatic rings. The Morgan fingerprint density at radius 2 is 2.41 bits per heavy atom. The summed E-state index contributed by atoms with van der Waals surface area (Å²) in [5.41, 5.74) is 0. The molecule has 1 fully saturated rings. The predicted molar refractivity (Wildman–Crippen MR) is 68.7 cm³/mol. The van der Waals surface area contributed by atoms with Crippen LogP contribution in [0.15, 0.2) is 0 Å². The highest BCUT2D eigenvalue weighted by molar-refractivity contribution is 5.75. The van der Waals surface area contributed by atoms with E-state index in [0.717, 1.165) is 25.9 Å². The maximum absolute atomic E-state index is 11.6. The van der Waals surface area contributed by atoms with Crippen molar-refractivity contribution in [3.63, 3.8) is 0 Å². The van der Waals surface area contributed by atoms with Crippen LogP contribution < -0.4 is 10.6 Å². The molecular formula is C13H26N2O2. The summed E-state index contributed by atoms with van der Waals surface area (Å²) in [6.45, 7) is 5.12. The van der Waals surface area contributed by atoms with Crippen LogP contribution in [0, 0.1) is 11.8 Å². The third kappa shape index (κ3) is 6.64. The van der Waals surface area contributed by atoms with Crippen LogP contribution in [0.5, 0.6) is 0 Å². The Morgan fingerprint density at radius 3 is 3.06 bits per heavy atom. The van der Waals surface area contributed by atoms with E-state index in [-0.39, 0.29) is 12.5 Å². The van der Waals surface area contributed by atoms with Gasteiger partial charge in [-0.25, -0.2) is 0 Å². The zero-order valence-electron chi connectivity index (χ0n) is 10.9. The number of nitrogens with one attached hydrogen (secondary N) is 2. The first-order chi connectivity index (χ1) is 8.22. The first-order valence-corrected chi connectivity index (χ1v) is 6.80. The predicted octanol–water partition coefficient (Wildman–Crippen LogP) is 0.901. The number of amides is 1. The van der Waals surface area contributed by atoms with Gasteiger partial charge in [-0.3, -0.25) is 4.79 Å². The number of hydrogen-bond acceptors (Lipinski definition) is 3. The zero-order chi connectivity index (χ0) is 12.5. The summed E-state index contributed by atoms with van der Waals surface area (Å²) in [6, 6.07) is 0. The molecule has 100 valence electrons. The SMILES string of the molecule is CC(CCO)CNC(=O)CCC1CCCNC1. The van der Waals surface area contributed by atoms with Gasteiger partial charge in [-0.05, 0) is 50.6 Å². The van der Waals surface area contributed by atoms with Crippen molar-refractivity contribution < 1.29 is 9.90 Å². The number of rotatable bonds is 7. The first-order valence-electron chi connectivity index (χ1n) is 6.80. The molecule has 1 heterocycles. The van der Waals surface area contributed by atoms with Gasteiger partial charge in [-0.1, -0.05) is 6.92 Å². The highest BCUT2D eigenvalue weighted by Crippen LogP contribution is 2.15. The van der Waals surface area contributed by atoms with Gasteiger partial charge in [0.15, 0.2) is 0 Å². The third-order valence-electron chi connectivity index (χ3n) is 3.45. The number of carbonyl (C=O) groups is 1. The minimum Gasteiger partial charge on any atom is -0.396 e. The molecule has 0 aliphatic carbocycles. The van der Waals surface area contributed by atoms with Crippen molar-refractivity contribution in [3.05, 3.63) is 0 Å². The molecular weight excluding hydrogens is 216 g/mol. The van der Waals surface area contributed by atoms with Gasteiger partial charge < -0.3 is 15.7 Å². The average molecular weight is 242 g/mol. The lowest BCUT2D eigenvalue weighted by atomic mass is 9.94. The Bertz CT molecular complexity index is 215. The molecule has 2 unspecified atom stereocenters. The third-order valence-corrected chi connectivity index (χ3v) is 3.45. The van der Waals surface area contributed by atoms with E-state index in [1.165, 1.54) is 12.8 Å². The Morgan fingerprint density at radius 1 is 1.59 bits per heavy atom. The molecule has 1 aliphatic heterocycles. The molecule has 1 rings (SSSR count). The van der Waals surface area contributed by atoms with Gasteiger partial charge in [0, 0.05) is 19.6 Å². The number of aliphatic hydroxyl groups excluding tert-OH is 1. The minimum atomic E-state index is 0.153. The lowest BCUT2D eigenvalue weighted by Gasteiger charge is -2.22. The van der Waals surface area contributed by atoms with Gasteiger partial charge in [-0.2, -0.15) is 0 Å². The first kappa shape index (κ1) is 14.5. The highest BCUT2D eigenvalue weighted by atomic mass is 16.3. The van der Waals surface area contributed by atoms with Crippen LogP contribution in [0.1, 0.15) is 39.0 Å². The van der Waals surface area contributed by atoms with Crippen LogP contribution in [-0.4, -0.2) is 37.3 Å². The summed E-state index contributed by atoms with van der Waals surface area (Å²) in [5.74, 6) is 1.19. The lowest BCUT2D eigenvalue weighted by Crippen LogP contribution is -2.32. The topological polar surface area (TPSA) is 61.4 Å². The quantitative estimate of drug-likeness (QED) is 0.621. The lowest BCUT2D eigenvalue weighted by molar-refractivity contribution is -0.121. The van der Waals surface area contributed by atoms with Crippen molar-refractivity contribution in [1.29, 1.82) is 0 Å². The molecule has 0 radical (unpaired) electrons. The molecule has 3 N–H and O–H groups in total. The summed E-state index contributed by atoms with van der Waals surface area (Å²) in [7, 11) is 0. The monoisotopic (exact) mass is 242 g/mol. The molecule has 1 amide bonds. The number of aliphatic hydroxyl groups is 1. The van der Waals surface area contributed by atoms with E-state index in [1.807, 2.05) is 6.92 Å². The van der Waals surface area contributed by atoms with Gasteiger partial charge >= 0.3 is 0 Å². The van der Waals surface area contributed by atoms with Gasteiger partial charge in [0.25, 0.3) is 0 Å². The molecule has 0 aromatic carbocycles. The second-order valence-electron chi connectivity index (χ2n) is 5.17. The molecule has 0 aromatic rings. The second-order valence-corrected chi connectivity index (χ2v) is 5.17. The maximum Gasteiger partial charge on any atom is 0.220 e. The average Bonchev–Trinajstić information content (AvgIpc) is 2.35. The van der Waals surface area contributed by atoms with Gasteiger partial charge in [0.1, 0.15) is 0 Å². The molecule has 0 bridgehead atoms. The molecule has 4 heteroatoms. The smallest absolute Gasteiger partial charge is 0.220 e. The van der Waals surface area contributed by atoms with Crippen LogP contribution >= 0.6 is 0 Å². The maximum atomic E-state index is 11.6. The Kier molecular flexibility index (Phi) is 7.21. The van der Waals surface area contributed by atoms with Crippen molar-refractivity contribution in [3.8, 4) is 0 Å². The molecule has 1 saturated heterocycles. The Hall–Kier alpha value is -0.610. The zero-order valence-corrected chi connectivity index (χ0v) is 10.9. The molecule has 2 atom stereocenters. The molecule has 4 nitrogen and oxygen atoms in total. The minimum absolute atomic E-state index is 0.153. The molecule has 0 spiro atoms. The molecule has 17 heavy (non-hydrogen) atoms. The highest BCUT2D eigenvalue weighted by Gasteiger charge is 2.14. The summed E-state index contributed by atoms with van der Waals surface area (Å²) in [5, 5.41) is 15.1. The Labute approximate surface area is 104 Å². The molecule has 0 saturated carbocycles. The van der Waals surface area contributed by atoms with Crippen molar-refractivity contribution in [2.45, 2.75) is 39.0 Å². The Balaban J connectivity index is 2.04. The van der Waals surface area contributed by atoms with E-state index < -0.39 is 0 Å². The van der Waals surface area contributed by atoms with E-state index in [9.17, 15) is 4.79 Å². The molecule has 0 aromatic heterocycles. The number of carbonyl (C=O) groups excluding carboxylic acids is 1. The van der Waals surface area contributed by atoms with E-state index in [1.54, 1.807) is 0 Å². The summed E-state index contributed by atoms with van der Waals surface area (Å²) >= 11 is 0. The standard InChI is InChI=1S/C13H26N2O2/c1-11(6-8-16)9-15-13(17)5-4-12-3-2-7-14-10-12/h11-12,14,16H,2-10H2,1H3,(H,15,17). The van der Waals surface area contributed by atoms with Crippen molar-refractivity contribution in [2.75, 3.05) is 26.2 Å². The van der Waals surface area contributed by atoms with E-state index in [2.05, 4.69) is 10.6 Å². The van der Waals surface area contributed by atoms with Crippen molar-refractivity contribution in [1.82, 2.24) is 10.6 Å². The largest absolute Gasteiger partial charge is 0.396 e. The number of piperidine rings is 1. The summed E-state index contributed by atoms with van der Waals surface area (Å²) in [6.07, 6.45) is 4.87. The van der Waals surface area contributed by atoms with E-state index in [0.29, 0.717) is 24.8 Å². The fourth-order valence-electron chi connectivity index (χ4n) is 2.20. The van der Waals surface area contributed by atoms with Crippen LogP contribution in [0.2, 0.25) is 0 Å². The van der Waals surface area contributed by atoms with Crippen LogP contribution in [0.4, 0.5) is 0 Å². The van der Waals surface area contributed by atoms with Gasteiger partial charge in [0.2, 0.25) is 5.91 Å². The van der Waals surface area contributed by atoms with Gasteiger partial charge in [0.05, 0.1) is 0 Å². The van der Waals surface area contributed by atoms with Gasteiger partial charge in [-0.15, -0.1) is 0 Å². The normalized spacial score (nSPS) is 22.1. The van der Waals surface area contributed by atoms with Crippen molar-refractivity contribution in [2.24, 2.45) is 11.8 Å². The van der Waals surface area contributed by atoms with Crippen LogP contribution in [0.3, 0.4) is 0 Å². The summed E-state index contributed by atoms with van der Waals surface area (Å²) < 4.78 is 0. The van der Waals surface area contributed by atoms with E-state index in [4.69, 9.17) is 5.11 Å². The summed E-state index contributed by atoms with van der Waals surface area (Å²) in [4.78, 5) is 11.6. The fraction of sp³-hybridized carbons (Fsp3) is 0.923.